The largest absolute Gasteiger partial charge is 0.495 e. The highest BCUT2D eigenvalue weighted by molar-refractivity contribution is 6.40. The summed E-state index contributed by atoms with van der Waals surface area (Å²) in [6.07, 6.45) is 1.23. The van der Waals surface area contributed by atoms with Gasteiger partial charge in [-0.05, 0) is 42.2 Å². The third-order valence-electron chi connectivity index (χ3n) is 4.48. The summed E-state index contributed by atoms with van der Waals surface area (Å²) in [4.78, 5) is 24.3. The molecular formula is C19H19ClN2O4. The molecular weight excluding hydrogens is 356 g/mol. The van der Waals surface area contributed by atoms with E-state index >= 15 is 0 Å². The van der Waals surface area contributed by atoms with Gasteiger partial charge in [-0.2, -0.15) is 0 Å². The number of aliphatic hydroxyl groups is 1. The van der Waals surface area contributed by atoms with Crippen LogP contribution in [0.3, 0.4) is 0 Å². The smallest absolute Gasteiger partial charge is 0.313 e. The number of anilines is 1. The van der Waals surface area contributed by atoms with Gasteiger partial charge in [0.2, 0.25) is 0 Å². The SMILES string of the molecule is COc1ccc(Cl)cc1NC(=O)C(=O)NCC1(O)CCc2ccccc21. The summed E-state index contributed by atoms with van der Waals surface area (Å²) in [5.74, 6) is -1.32. The molecule has 0 saturated carbocycles. The predicted octanol–water partition coefficient (Wildman–Crippen LogP) is 2.24. The third-order valence-corrected chi connectivity index (χ3v) is 4.72. The Kier molecular flexibility index (Phi) is 5.15. The van der Waals surface area contributed by atoms with E-state index in [9.17, 15) is 14.7 Å². The number of hydrogen-bond acceptors (Lipinski definition) is 4. The van der Waals surface area contributed by atoms with Crippen LogP contribution >= 0.6 is 11.6 Å². The lowest BCUT2D eigenvalue weighted by Crippen LogP contribution is -2.43. The number of methoxy groups -OCH3 is 1. The second-order valence-corrected chi connectivity index (χ2v) is 6.61. The van der Waals surface area contributed by atoms with Gasteiger partial charge in [0.15, 0.2) is 0 Å². The zero-order valence-electron chi connectivity index (χ0n) is 14.2. The molecule has 0 saturated heterocycles. The van der Waals surface area contributed by atoms with E-state index < -0.39 is 17.4 Å². The number of hydrogen-bond donors (Lipinski definition) is 3. The molecule has 2 aromatic rings. The van der Waals surface area contributed by atoms with E-state index in [0.717, 1.165) is 17.5 Å². The van der Waals surface area contributed by atoms with Crippen molar-refractivity contribution in [1.29, 1.82) is 0 Å². The maximum atomic E-state index is 12.1. The highest BCUT2D eigenvalue weighted by atomic mass is 35.5. The van der Waals surface area contributed by atoms with E-state index in [4.69, 9.17) is 16.3 Å². The molecule has 2 amide bonds. The van der Waals surface area contributed by atoms with Gasteiger partial charge in [-0.1, -0.05) is 35.9 Å². The van der Waals surface area contributed by atoms with Gasteiger partial charge in [-0.25, -0.2) is 0 Å². The number of amides is 2. The van der Waals surface area contributed by atoms with Crippen LogP contribution in [-0.2, 0) is 21.6 Å². The first-order valence-electron chi connectivity index (χ1n) is 8.16. The number of carbonyl (C=O) groups is 2. The molecule has 3 N–H and O–H groups in total. The first kappa shape index (κ1) is 18.2. The van der Waals surface area contributed by atoms with Gasteiger partial charge >= 0.3 is 11.8 Å². The van der Waals surface area contributed by atoms with Crippen molar-refractivity contribution in [2.75, 3.05) is 19.0 Å². The van der Waals surface area contributed by atoms with Crippen LogP contribution in [0.25, 0.3) is 0 Å². The number of aryl methyl sites for hydroxylation is 1. The third kappa shape index (κ3) is 3.66. The molecule has 1 atom stereocenters. The number of benzene rings is 2. The van der Waals surface area contributed by atoms with E-state index in [0.29, 0.717) is 22.9 Å². The molecule has 1 unspecified atom stereocenters. The molecule has 6 nitrogen and oxygen atoms in total. The molecule has 3 rings (SSSR count). The second-order valence-electron chi connectivity index (χ2n) is 6.17. The van der Waals surface area contributed by atoms with Gasteiger partial charge < -0.3 is 20.5 Å². The molecule has 1 aliphatic carbocycles. The van der Waals surface area contributed by atoms with Crippen molar-refractivity contribution in [3.8, 4) is 5.75 Å². The normalized spacial score (nSPS) is 18.1. The Morgan fingerprint density at radius 3 is 2.77 bits per heavy atom. The molecule has 0 aliphatic heterocycles. The minimum Gasteiger partial charge on any atom is -0.495 e. The monoisotopic (exact) mass is 374 g/mol. The minimum absolute atomic E-state index is 0.0387. The molecule has 0 bridgehead atoms. The van der Waals surface area contributed by atoms with Crippen molar-refractivity contribution in [2.24, 2.45) is 0 Å². The van der Waals surface area contributed by atoms with Crippen LogP contribution in [0.2, 0.25) is 5.02 Å². The highest BCUT2D eigenvalue weighted by Crippen LogP contribution is 2.36. The van der Waals surface area contributed by atoms with Crippen molar-refractivity contribution < 1.29 is 19.4 Å². The summed E-state index contributed by atoms with van der Waals surface area (Å²) in [5, 5.41) is 16.2. The van der Waals surface area contributed by atoms with Crippen molar-refractivity contribution >= 4 is 29.1 Å². The van der Waals surface area contributed by atoms with Crippen LogP contribution in [-0.4, -0.2) is 30.6 Å². The second kappa shape index (κ2) is 7.35. The van der Waals surface area contributed by atoms with Crippen LogP contribution in [0.4, 0.5) is 5.69 Å². The zero-order chi connectivity index (χ0) is 18.7. The van der Waals surface area contributed by atoms with Gasteiger partial charge in [-0.15, -0.1) is 0 Å². The number of carbonyl (C=O) groups excluding carboxylic acids is 2. The summed E-state index contributed by atoms with van der Waals surface area (Å²) >= 11 is 5.91. The summed E-state index contributed by atoms with van der Waals surface area (Å²) < 4.78 is 5.13. The van der Waals surface area contributed by atoms with Crippen LogP contribution < -0.4 is 15.4 Å². The van der Waals surface area contributed by atoms with Gasteiger partial charge in [0, 0.05) is 5.02 Å². The fraction of sp³-hybridized carbons (Fsp3) is 0.263. The lowest BCUT2D eigenvalue weighted by molar-refractivity contribution is -0.136. The number of nitrogens with one attached hydrogen (secondary N) is 2. The Morgan fingerprint density at radius 1 is 1.23 bits per heavy atom. The number of fused-ring (bicyclic) bond motifs is 1. The lowest BCUT2D eigenvalue weighted by Gasteiger charge is -2.24. The Hall–Kier alpha value is -2.57. The zero-order valence-corrected chi connectivity index (χ0v) is 15.0. The first-order valence-corrected chi connectivity index (χ1v) is 8.54. The van der Waals surface area contributed by atoms with E-state index in [-0.39, 0.29) is 6.54 Å². The first-order chi connectivity index (χ1) is 12.4. The quantitative estimate of drug-likeness (QED) is 0.716. The van der Waals surface area contributed by atoms with Crippen molar-refractivity contribution in [1.82, 2.24) is 5.32 Å². The Bertz CT molecular complexity index is 855. The van der Waals surface area contributed by atoms with Gasteiger partial charge in [0.25, 0.3) is 0 Å². The number of halogens is 1. The summed E-state index contributed by atoms with van der Waals surface area (Å²) in [6.45, 7) is -0.0387. The molecule has 0 fully saturated rings. The van der Waals surface area contributed by atoms with E-state index in [1.54, 1.807) is 12.1 Å². The van der Waals surface area contributed by atoms with Gasteiger partial charge in [-0.3, -0.25) is 9.59 Å². The number of rotatable bonds is 4. The van der Waals surface area contributed by atoms with E-state index in [1.165, 1.54) is 13.2 Å². The average molecular weight is 375 g/mol. The number of ether oxygens (including phenoxy) is 1. The topological polar surface area (TPSA) is 87.7 Å². The average Bonchev–Trinajstić information content (AvgIpc) is 2.98. The molecule has 0 aromatic heterocycles. The Morgan fingerprint density at radius 2 is 2.00 bits per heavy atom. The molecule has 0 radical (unpaired) electrons. The molecule has 0 spiro atoms. The highest BCUT2D eigenvalue weighted by Gasteiger charge is 2.37. The maximum Gasteiger partial charge on any atom is 0.313 e. The van der Waals surface area contributed by atoms with Crippen LogP contribution in [0.1, 0.15) is 17.5 Å². The van der Waals surface area contributed by atoms with Crippen molar-refractivity contribution in [3.05, 3.63) is 58.6 Å². The van der Waals surface area contributed by atoms with Gasteiger partial charge in [0.05, 0.1) is 19.3 Å². The summed E-state index contributed by atoms with van der Waals surface area (Å²) in [5.41, 5.74) is 0.972. The molecule has 1 aliphatic rings. The Labute approximate surface area is 156 Å². The predicted molar refractivity (Wildman–Crippen MR) is 98.3 cm³/mol. The summed E-state index contributed by atoms with van der Waals surface area (Å²) in [7, 11) is 1.45. The minimum atomic E-state index is -1.17. The molecule has 0 heterocycles. The van der Waals surface area contributed by atoms with Gasteiger partial charge in [0.1, 0.15) is 11.4 Å². The molecule has 7 heteroatoms. The van der Waals surface area contributed by atoms with Crippen molar-refractivity contribution in [3.63, 3.8) is 0 Å². The van der Waals surface area contributed by atoms with Crippen LogP contribution in [0, 0.1) is 0 Å². The fourth-order valence-electron chi connectivity index (χ4n) is 3.12. The fourth-order valence-corrected chi connectivity index (χ4v) is 3.29. The summed E-state index contributed by atoms with van der Waals surface area (Å²) in [6, 6.07) is 12.2. The lowest BCUT2D eigenvalue weighted by atomic mass is 9.96. The van der Waals surface area contributed by atoms with Crippen molar-refractivity contribution in [2.45, 2.75) is 18.4 Å². The molecule has 136 valence electrons. The maximum absolute atomic E-state index is 12.1. The van der Waals surface area contributed by atoms with Crippen LogP contribution in [0.5, 0.6) is 5.75 Å². The molecule has 2 aromatic carbocycles. The Balaban J connectivity index is 1.64. The van der Waals surface area contributed by atoms with E-state index in [1.807, 2.05) is 24.3 Å². The van der Waals surface area contributed by atoms with E-state index in [2.05, 4.69) is 10.6 Å². The standard InChI is InChI=1S/C19H19ClN2O4/c1-26-16-7-6-13(20)10-15(16)22-18(24)17(23)21-11-19(25)9-8-12-4-2-3-5-14(12)19/h2-7,10,25H,8-9,11H2,1H3,(H,21,23)(H,22,24). The molecule has 26 heavy (non-hydrogen) atoms. The van der Waals surface area contributed by atoms with Crippen LogP contribution in [0.15, 0.2) is 42.5 Å².